The normalized spacial score (nSPS) is 13.7. The quantitative estimate of drug-likeness (QED) is 0.597. The Bertz CT molecular complexity index is 693. The molecule has 0 saturated carbocycles. The van der Waals surface area contributed by atoms with Gasteiger partial charge in [0.25, 0.3) is 8.32 Å². The van der Waals surface area contributed by atoms with Gasteiger partial charge in [-0.2, -0.15) is 0 Å². The molecule has 0 saturated heterocycles. The number of carboxylic acids is 1. The summed E-state index contributed by atoms with van der Waals surface area (Å²) in [5.41, 5.74) is 0. The van der Waals surface area contributed by atoms with Crippen LogP contribution in [-0.4, -0.2) is 26.0 Å². The van der Waals surface area contributed by atoms with Gasteiger partial charge in [0.2, 0.25) is 0 Å². The van der Waals surface area contributed by atoms with Crippen LogP contribution in [0.2, 0.25) is 5.04 Å². The fourth-order valence-electron chi connectivity index (χ4n) is 3.32. The van der Waals surface area contributed by atoms with Gasteiger partial charge in [0, 0.05) is 12.7 Å². The second-order valence-corrected chi connectivity index (χ2v) is 12.0. The lowest BCUT2D eigenvalue weighted by Gasteiger charge is -2.43. The zero-order valence-electron chi connectivity index (χ0n) is 16.0. The van der Waals surface area contributed by atoms with E-state index < -0.39 is 14.3 Å². The molecule has 4 heteroatoms. The molecule has 2 rings (SSSR count). The average molecular weight is 369 g/mol. The van der Waals surface area contributed by atoms with Crippen molar-refractivity contribution in [1.29, 1.82) is 0 Å². The summed E-state index contributed by atoms with van der Waals surface area (Å²) in [5, 5.41) is 11.2. The molecular weight excluding hydrogens is 340 g/mol. The molecule has 0 radical (unpaired) electrons. The Labute approximate surface area is 157 Å². The minimum Gasteiger partial charge on any atom is -0.478 e. The molecule has 3 nitrogen and oxygen atoms in total. The zero-order chi connectivity index (χ0) is 19.2. The molecule has 1 N–H and O–H groups in total. The third kappa shape index (κ3) is 4.51. The van der Waals surface area contributed by atoms with E-state index in [2.05, 4.69) is 69.3 Å². The second-order valence-electron chi connectivity index (χ2n) is 7.65. The third-order valence-corrected chi connectivity index (χ3v) is 9.55. The first kappa shape index (κ1) is 20.1. The van der Waals surface area contributed by atoms with Crippen molar-refractivity contribution < 1.29 is 14.3 Å². The van der Waals surface area contributed by atoms with Crippen LogP contribution < -0.4 is 10.4 Å². The van der Waals surface area contributed by atoms with E-state index in [1.807, 2.05) is 19.1 Å². The van der Waals surface area contributed by atoms with Crippen LogP contribution >= 0.6 is 0 Å². The summed E-state index contributed by atoms with van der Waals surface area (Å²) in [6.07, 6.45) is 2.89. The Morgan fingerprint density at radius 2 is 1.50 bits per heavy atom. The van der Waals surface area contributed by atoms with E-state index in [-0.39, 0.29) is 11.0 Å². The van der Waals surface area contributed by atoms with Crippen molar-refractivity contribution in [2.75, 3.05) is 6.61 Å². The molecule has 0 bridgehead atoms. The molecule has 138 valence electrons. The van der Waals surface area contributed by atoms with Crippen molar-refractivity contribution in [2.45, 2.75) is 32.7 Å². The van der Waals surface area contributed by atoms with Crippen LogP contribution in [0.3, 0.4) is 0 Å². The van der Waals surface area contributed by atoms with E-state index in [9.17, 15) is 4.79 Å². The molecule has 0 amide bonds. The number of rotatable bonds is 7. The fraction of sp³-hybridized carbons (Fsp3) is 0.318. The highest BCUT2D eigenvalue weighted by atomic mass is 28.4. The first-order valence-electron chi connectivity index (χ1n) is 8.93. The summed E-state index contributed by atoms with van der Waals surface area (Å²) in [5.74, 6) is -0.907. The van der Waals surface area contributed by atoms with Crippen LogP contribution in [0.1, 0.15) is 27.7 Å². The molecule has 2 aromatic rings. The summed E-state index contributed by atoms with van der Waals surface area (Å²) in [6.45, 7) is 9.17. The molecule has 0 spiro atoms. The topological polar surface area (TPSA) is 46.5 Å². The molecule has 26 heavy (non-hydrogen) atoms. The zero-order valence-corrected chi connectivity index (χ0v) is 17.0. The van der Waals surface area contributed by atoms with Crippen LogP contribution in [0.25, 0.3) is 0 Å². The molecule has 0 unspecified atom stereocenters. The molecule has 0 fully saturated rings. The van der Waals surface area contributed by atoms with Crippen molar-refractivity contribution in [3.05, 3.63) is 72.8 Å². The molecule has 0 aliphatic rings. The molecule has 1 atom stereocenters. The summed E-state index contributed by atoms with van der Waals surface area (Å²) in [7, 11) is -2.55. The van der Waals surface area contributed by atoms with Gasteiger partial charge >= 0.3 is 5.97 Å². The molecule has 0 aromatic heterocycles. The highest BCUT2D eigenvalue weighted by Gasteiger charge is 2.50. The second kappa shape index (κ2) is 8.47. The SMILES string of the molecule is C[C@@H](/C=C/C(=O)O)CO[Si](c1ccccc1)(c1ccccc1)C(C)(C)C. The molecule has 2 aromatic carbocycles. The van der Waals surface area contributed by atoms with E-state index in [0.29, 0.717) is 6.61 Å². The van der Waals surface area contributed by atoms with Crippen LogP contribution in [0.5, 0.6) is 0 Å². The van der Waals surface area contributed by atoms with Gasteiger partial charge in [-0.15, -0.1) is 0 Å². The monoisotopic (exact) mass is 368 g/mol. The number of carboxylic acid groups (broad SMARTS) is 1. The van der Waals surface area contributed by atoms with E-state index in [1.54, 1.807) is 6.08 Å². The van der Waals surface area contributed by atoms with Crippen LogP contribution in [-0.2, 0) is 9.22 Å². The van der Waals surface area contributed by atoms with E-state index in [4.69, 9.17) is 9.53 Å². The maximum absolute atomic E-state index is 10.8. The molecule has 0 aliphatic heterocycles. The Hall–Kier alpha value is -2.17. The van der Waals surface area contributed by atoms with Crippen molar-refractivity contribution in [1.82, 2.24) is 0 Å². The largest absolute Gasteiger partial charge is 0.478 e. The molecule has 0 aliphatic carbocycles. The van der Waals surface area contributed by atoms with Gasteiger partial charge in [-0.25, -0.2) is 4.79 Å². The third-order valence-electron chi connectivity index (χ3n) is 4.55. The molecular formula is C22H28O3Si. The van der Waals surface area contributed by atoms with Gasteiger partial charge in [0.05, 0.1) is 0 Å². The predicted molar refractivity (Wildman–Crippen MR) is 110 cm³/mol. The summed E-state index contributed by atoms with van der Waals surface area (Å²) in [4.78, 5) is 10.8. The van der Waals surface area contributed by atoms with E-state index in [1.165, 1.54) is 16.4 Å². The van der Waals surface area contributed by atoms with Gasteiger partial charge in [-0.1, -0.05) is 94.4 Å². The first-order chi connectivity index (χ1) is 12.3. The number of hydrogen-bond acceptors (Lipinski definition) is 2. The Balaban J connectivity index is 2.49. The number of benzene rings is 2. The Kier molecular flexibility index (Phi) is 6.56. The van der Waals surface area contributed by atoms with Gasteiger partial charge in [0.15, 0.2) is 0 Å². The predicted octanol–water partition coefficient (Wildman–Crippen LogP) is 3.84. The fourth-order valence-corrected chi connectivity index (χ4v) is 7.99. The van der Waals surface area contributed by atoms with Crippen molar-refractivity contribution >= 4 is 24.7 Å². The highest BCUT2D eigenvalue weighted by molar-refractivity contribution is 6.99. The highest BCUT2D eigenvalue weighted by Crippen LogP contribution is 2.37. The maximum Gasteiger partial charge on any atom is 0.327 e. The lowest BCUT2D eigenvalue weighted by atomic mass is 10.2. The number of hydrogen-bond donors (Lipinski definition) is 1. The standard InChI is InChI=1S/C22H28O3Si/c1-18(15-16-21(23)24)17-25-26(22(2,3)4,19-11-7-5-8-12-19)20-13-9-6-10-14-20/h5-16,18H,17H2,1-4H3,(H,23,24)/b16-15+/t18-/m0/s1. The smallest absolute Gasteiger partial charge is 0.327 e. The van der Waals surface area contributed by atoms with Crippen LogP contribution in [0.15, 0.2) is 72.8 Å². The van der Waals surface area contributed by atoms with Crippen LogP contribution in [0, 0.1) is 5.92 Å². The van der Waals surface area contributed by atoms with Crippen molar-refractivity contribution in [3.8, 4) is 0 Å². The van der Waals surface area contributed by atoms with Gasteiger partial charge in [-0.05, 0) is 21.3 Å². The number of aliphatic carboxylic acids is 1. The minimum atomic E-state index is -2.55. The van der Waals surface area contributed by atoms with E-state index in [0.717, 1.165) is 0 Å². The first-order valence-corrected chi connectivity index (χ1v) is 10.8. The van der Waals surface area contributed by atoms with Gasteiger partial charge in [-0.3, -0.25) is 0 Å². The lowest BCUT2D eigenvalue weighted by molar-refractivity contribution is -0.131. The van der Waals surface area contributed by atoms with E-state index >= 15 is 0 Å². The summed E-state index contributed by atoms with van der Waals surface area (Å²) >= 11 is 0. The maximum atomic E-state index is 10.8. The minimum absolute atomic E-state index is 0.0211. The Morgan fingerprint density at radius 1 is 1.04 bits per heavy atom. The lowest BCUT2D eigenvalue weighted by Crippen LogP contribution is -2.66. The van der Waals surface area contributed by atoms with Crippen LogP contribution in [0.4, 0.5) is 0 Å². The number of carbonyl (C=O) groups is 1. The molecule has 0 heterocycles. The average Bonchev–Trinajstić information content (AvgIpc) is 2.61. The summed E-state index contributed by atoms with van der Waals surface area (Å²) in [6, 6.07) is 20.9. The van der Waals surface area contributed by atoms with Gasteiger partial charge in [0.1, 0.15) is 0 Å². The van der Waals surface area contributed by atoms with Gasteiger partial charge < -0.3 is 9.53 Å². The van der Waals surface area contributed by atoms with Crippen molar-refractivity contribution in [2.24, 2.45) is 5.92 Å². The summed E-state index contributed by atoms with van der Waals surface area (Å²) < 4.78 is 6.76. The Morgan fingerprint density at radius 3 is 1.88 bits per heavy atom. The van der Waals surface area contributed by atoms with Crippen molar-refractivity contribution in [3.63, 3.8) is 0 Å².